The highest BCUT2D eigenvalue weighted by Gasteiger charge is 2.39. The summed E-state index contributed by atoms with van der Waals surface area (Å²) in [7, 11) is 0. The standard InChI is InChI=1S/C29H32ClNO4/c1-6-34-29(33)26-19(5)31-23-8-7-9-24(32)28(23)27(26)22-14-20(16(2)12-17(22)3)15-35-25-11-10-21(30)13-18(25)4/h10-14,27,31H,6-9,15H2,1-5H3/t27-/m0/s1. The van der Waals surface area contributed by atoms with E-state index in [1.165, 1.54) is 0 Å². The van der Waals surface area contributed by atoms with E-state index in [0.717, 1.165) is 57.8 Å². The Morgan fingerprint density at radius 1 is 1.06 bits per heavy atom. The van der Waals surface area contributed by atoms with Gasteiger partial charge in [-0.1, -0.05) is 23.7 Å². The van der Waals surface area contributed by atoms with Crippen molar-refractivity contribution < 1.29 is 19.1 Å². The van der Waals surface area contributed by atoms with E-state index in [1.54, 1.807) is 6.92 Å². The van der Waals surface area contributed by atoms with Crippen molar-refractivity contribution in [2.24, 2.45) is 0 Å². The van der Waals surface area contributed by atoms with Crippen molar-refractivity contribution in [3.8, 4) is 5.75 Å². The lowest BCUT2D eigenvalue weighted by Crippen LogP contribution is -2.34. The van der Waals surface area contributed by atoms with Gasteiger partial charge in [0, 0.05) is 34.3 Å². The molecule has 1 aliphatic carbocycles. The van der Waals surface area contributed by atoms with Crippen LogP contribution in [0.1, 0.15) is 66.8 Å². The second-order valence-electron chi connectivity index (χ2n) is 9.32. The molecule has 2 aromatic rings. The summed E-state index contributed by atoms with van der Waals surface area (Å²) in [5, 5.41) is 4.01. The second-order valence-corrected chi connectivity index (χ2v) is 9.76. The number of nitrogens with one attached hydrogen (secondary N) is 1. The zero-order valence-electron chi connectivity index (χ0n) is 21.0. The monoisotopic (exact) mass is 493 g/mol. The lowest BCUT2D eigenvalue weighted by molar-refractivity contribution is -0.138. The molecule has 1 atom stereocenters. The summed E-state index contributed by atoms with van der Waals surface area (Å²) in [4.78, 5) is 26.3. The highest BCUT2D eigenvalue weighted by atomic mass is 35.5. The number of hydrogen-bond donors (Lipinski definition) is 1. The minimum Gasteiger partial charge on any atom is -0.489 e. The molecule has 0 fully saturated rings. The van der Waals surface area contributed by atoms with Crippen LogP contribution in [0.15, 0.2) is 52.9 Å². The van der Waals surface area contributed by atoms with Gasteiger partial charge in [0.25, 0.3) is 0 Å². The highest BCUT2D eigenvalue weighted by molar-refractivity contribution is 6.30. The fraction of sp³-hybridized carbons (Fsp3) is 0.379. The van der Waals surface area contributed by atoms with Crippen molar-refractivity contribution >= 4 is 23.4 Å². The number of rotatable bonds is 6. The van der Waals surface area contributed by atoms with Gasteiger partial charge in [-0.2, -0.15) is 0 Å². The number of benzene rings is 2. The zero-order valence-corrected chi connectivity index (χ0v) is 21.8. The Hall–Kier alpha value is -3.05. The van der Waals surface area contributed by atoms with E-state index >= 15 is 0 Å². The first-order valence-corrected chi connectivity index (χ1v) is 12.5. The molecule has 5 nitrogen and oxygen atoms in total. The van der Waals surface area contributed by atoms with Crippen molar-refractivity contribution in [3.63, 3.8) is 0 Å². The van der Waals surface area contributed by atoms with Gasteiger partial charge in [-0.25, -0.2) is 4.79 Å². The van der Waals surface area contributed by atoms with Crippen LogP contribution in [0, 0.1) is 20.8 Å². The topological polar surface area (TPSA) is 64.6 Å². The molecule has 0 spiro atoms. The van der Waals surface area contributed by atoms with Crippen molar-refractivity contribution in [1.29, 1.82) is 0 Å². The Labute approximate surface area is 212 Å². The van der Waals surface area contributed by atoms with Crippen LogP contribution in [0.5, 0.6) is 5.75 Å². The molecule has 0 bridgehead atoms. The average molecular weight is 494 g/mol. The van der Waals surface area contributed by atoms with Crippen molar-refractivity contribution in [2.45, 2.75) is 66.4 Å². The third kappa shape index (κ3) is 5.01. The second kappa shape index (κ2) is 10.3. The molecule has 184 valence electrons. The molecule has 0 amide bonds. The molecule has 1 aliphatic heterocycles. The predicted molar refractivity (Wildman–Crippen MR) is 138 cm³/mol. The fourth-order valence-electron chi connectivity index (χ4n) is 5.09. The number of Topliss-reactive ketones (excluding diaryl/α,β-unsaturated/α-hetero) is 1. The normalized spacial score (nSPS) is 17.8. The van der Waals surface area contributed by atoms with Gasteiger partial charge in [0.15, 0.2) is 5.78 Å². The van der Waals surface area contributed by atoms with Crippen LogP contribution < -0.4 is 10.1 Å². The summed E-state index contributed by atoms with van der Waals surface area (Å²) in [5.74, 6) is 0.0116. The number of carbonyl (C=O) groups is 2. The predicted octanol–water partition coefficient (Wildman–Crippen LogP) is 6.38. The van der Waals surface area contributed by atoms with Crippen LogP contribution in [0.2, 0.25) is 5.02 Å². The van der Waals surface area contributed by atoms with Crippen molar-refractivity contribution in [3.05, 3.63) is 85.7 Å². The van der Waals surface area contributed by atoms with Crippen LogP contribution in [0.3, 0.4) is 0 Å². The molecule has 0 radical (unpaired) electrons. The lowest BCUT2D eigenvalue weighted by Gasteiger charge is -2.35. The minimum atomic E-state index is -0.463. The molecule has 0 saturated heterocycles. The van der Waals surface area contributed by atoms with E-state index in [4.69, 9.17) is 21.1 Å². The first-order chi connectivity index (χ1) is 16.7. The van der Waals surface area contributed by atoms with E-state index < -0.39 is 5.92 Å². The maximum absolute atomic E-state index is 13.2. The number of aryl methyl sites for hydroxylation is 3. The van der Waals surface area contributed by atoms with Gasteiger partial charge < -0.3 is 14.8 Å². The van der Waals surface area contributed by atoms with Crippen LogP contribution >= 0.6 is 11.6 Å². The smallest absolute Gasteiger partial charge is 0.336 e. The number of halogens is 1. The zero-order chi connectivity index (χ0) is 25.3. The van der Waals surface area contributed by atoms with Gasteiger partial charge in [-0.3, -0.25) is 4.79 Å². The van der Waals surface area contributed by atoms with Gasteiger partial charge >= 0.3 is 5.97 Å². The van der Waals surface area contributed by atoms with Crippen LogP contribution in [0.4, 0.5) is 0 Å². The molecule has 1 N–H and O–H groups in total. The Morgan fingerprint density at radius 3 is 2.54 bits per heavy atom. The van der Waals surface area contributed by atoms with Crippen molar-refractivity contribution in [1.82, 2.24) is 5.32 Å². The van der Waals surface area contributed by atoms with E-state index in [2.05, 4.69) is 24.4 Å². The summed E-state index contributed by atoms with van der Waals surface area (Å²) >= 11 is 6.09. The number of carbonyl (C=O) groups excluding carboxylic acids is 2. The number of ether oxygens (including phenoxy) is 2. The summed E-state index contributed by atoms with van der Waals surface area (Å²) in [5.41, 5.74) is 7.90. The quantitative estimate of drug-likeness (QED) is 0.473. The van der Waals surface area contributed by atoms with E-state index in [0.29, 0.717) is 29.2 Å². The minimum absolute atomic E-state index is 0.0904. The Kier molecular flexibility index (Phi) is 7.36. The average Bonchev–Trinajstić information content (AvgIpc) is 2.79. The molecule has 4 rings (SSSR count). The number of ketones is 1. The number of allylic oxidation sites excluding steroid dienone is 3. The lowest BCUT2D eigenvalue weighted by atomic mass is 9.73. The molecule has 0 saturated carbocycles. The maximum Gasteiger partial charge on any atom is 0.336 e. The molecule has 6 heteroatoms. The highest BCUT2D eigenvalue weighted by Crippen LogP contribution is 2.44. The van der Waals surface area contributed by atoms with Gasteiger partial charge in [-0.05, 0) is 93.5 Å². The summed E-state index contributed by atoms with van der Waals surface area (Å²) in [6.45, 7) is 10.4. The summed E-state index contributed by atoms with van der Waals surface area (Å²) < 4.78 is 11.6. The third-order valence-electron chi connectivity index (χ3n) is 6.83. The molecule has 2 aromatic carbocycles. The van der Waals surface area contributed by atoms with Crippen LogP contribution in [-0.2, 0) is 20.9 Å². The largest absolute Gasteiger partial charge is 0.489 e. The Balaban J connectivity index is 1.79. The third-order valence-corrected chi connectivity index (χ3v) is 7.06. The van der Waals surface area contributed by atoms with E-state index in [9.17, 15) is 9.59 Å². The maximum atomic E-state index is 13.2. The van der Waals surface area contributed by atoms with Crippen LogP contribution in [-0.4, -0.2) is 18.4 Å². The summed E-state index contributed by atoms with van der Waals surface area (Å²) in [6.07, 6.45) is 2.09. The van der Waals surface area contributed by atoms with Crippen LogP contribution in [0.25, 0.3) is 0 Å². The number of dihydropyridines is 1. The SMILES string of the molecule is CCOC(=O)C1=C(C)NC2=C(C(=O)CCC2)[C@H]1c1cc(COc2ccc(Cl)cc2C)c(C)cc1C. The Morgan fingerprint density at radius 2 is 1.83 bits per heavy atom. The number of hydrogen-bond acceptors (Lipinski definition) is 5. The molecule has 1 heterocycles. The van der Waals surface area contributed by atoms with Crippen molar-refractivity contribution in [2.75, 3.05) is 6.61 Å². The molecule has 0 aromatic heterocycles. The molecule has 0 unspecified atom stereocenters. The van der Waals surface area contributed by atoms with E-state index in [1.807, 2.05) is 39.0 Å². The fourth-order valence-corrected chi connectivity index (χ4v) is 5.31. The van der Waals surface area contributed by atoms with Gasteiger partial charge in [-0.15, -0.1) is 0 Å². The number of esters is 1. The summed E-state index contributed by atoms with van der Waals surface area (Å²) in [6, 6.07) is 9.76. The molecular formula is C29H32ClNO4. The van der Waals surface area contributed by atoms with E-state index in [-0.39, 0.29) is 18.4 Å². The molecule has 35 heavy (non-hydrogen) atoms. The van der Waals surface area contributed by atoms with Gasteiger partial charge in [0.05, 0.1) is 12.2 Å². The molecule has 2 aliphatic rings. The first kappa shape index (κ1) is 25.1. The van der Waals surface area contributed by atoms with Gasteiger partial charge in [0.2, 0.25) is 0 Å². The Bertz CT molecular complexity index is 1260. The molecular weight excluding hydrogens is 462 g/mol. The first-order valence-electron chi connectivity index (χ1n) is 12.1. The van der Waals surface area contributed by atoms with Gasteiger partial charge in [0.1, 0.15) is 12.4 Å².